The number of nitriles is 1. The van der Waals surface area contributed by atoms with Crippen LogP contribution in [0.1, 0.15) is 16.8 Å². The number of nitrogens with zero attached hydrogens (tertiary/aromatic N) is 2. The molecule has 0 unspecified atom stereocenters. The van der Waals surface area contributed by atoms with Crippen molar-refractivity contribution in [2.75, 3.05) is 18.2 Å². The molecule has 0 aliphatic carbocycles. The van der Waals surface area contributed by atoms with Gasteiger partial charge in [-0.2, -0.15) is 18.4 Å². The van der Waals surface area contributed by atoms with Gasteiger partial charge in [0, 0.05) is 0 Å². The van der Waals surface area contributed by atoms with Gasteiger partial charge in [0.05, 0.1) is 24.1 Å². The van der Waals surface area contributed by atoms with Crippen LogP contribution in [0.3, 0.4) is 0 Å². The summed E-state index contributed by atoms with van der Waals surface area (Å²) in [4.78, 5) is 15.6. The van der Waals surface area contributed by atoms with Crippen LogP contribution >= 0.6 is 11.8 Å². The van der Waals surface area contributed by atoms with Gasteiger partial charge in [0.25, 0.3) is 0 Å². The highest BCUT2D eigenvalue weighted by Crippen LogP contribution is 2.32. The zero-order valence-corrected chi connectivity index (χ0v) is 14.7. The highest BCUT2D eigenvalue weighted by molar-refractivity contribution is 8.00. The number of alkyl halides is 3. The zero-order chi connectivity index (χ0) is 19.3. The van der Waals surface area contributed by atoms with E-state index in [4.69, 9.17) is 10.00 Å². The fourth-order valence-corrected chi connectivity index (χ4v) is 2.95. The van der Waals surface area contributed by atoms with E-state index in [1.807, 2.05) is 6.07 Å². The molecule has 1 amide bonds. The SMILES string of the molecule is COc1ccccc1NC(=O)CSc1nc(C(F)(F)F)cc(C)c1C#N. The summed E-state index contributed by atoms with van der Waals surface area (Å²) in [5, 5.41) is 11.6. The van der Waals surface area contributed by atoms with Crippen LogP contribution in [-0.4, -0.2) is 23.8 Å². The average molecular weight is 381 g/mol. The van der Waals surface area contributed by atoms with Crippen molar-refractivity contribution in [2.24, 2.45) is 0 Å². The third kappa shape index (κ3) is 4.67. The van der Waals surface area contributed by atoms with Gasteiger partial charge >= 0.3 is 6.18 Å². The number of aromatic nitrogens is 1. The first-order valence-electron chi connectivity index (χ1n) is 7.31. The number of rotatable bonds is 5. The van der Waals surface area contributed by atoms with Crippen LogP contribution < -0.4 is 10.1 Å². The van der Waals surface area contributed by atoms with Gasteiger partial charge in [0.2, 0.25) is 5.91 Å². The van der Waals surface area contributed by atoms with Gasteiger partial charge in [-0.3, -0.25) is 4.79 Å². The molecule has 5 nitrogen and oxygen atoms in total. The van der Waals surface area contributed by atoms with Gasteiger partial charge in [-0.1, -0.05) is 23.9 Å². The summed E-state index contributed by atoms with van der Waals surface area (Å²) in [6, 6.07) is 9.38. The Morgan fingerprint density at radius 3 is 2.69 bits per heavy atom. The molecule has 0 radical (unpaired) electrons. The van der Waals surface area contributed by atoms with E-state index < -0.39 is 17.8 Å². The molecule has 0 fully saturated rings. The number of carbonyl (C=O) groups excluding carboxylic acids is 1. The van der Waals surface area contributed by atoms with Crippen molar-refractivity contribution in [1.82, 2.24) is 4.98 Å². The lowest BCUT2D eigenvalue weighted by Gasteiger charge is -2.12. The van der Waals surface area contributed by atoms with Crippen molar-refractivity contribution in [2.45, 2.75) is 18.1 Å². The molecule has 2 aromatic rings. The predicted octanol–water partition coefficient (Wildman–Crippen LogP) is 4.02. The molecule has 0 bridgehead atoms. The molecule has 2 rings (SSSR count). The summed E-state index contributed by atoms with van der Waals surface area (Å²) in [6.45, 7) is 1.40. The number of carbonyl (C=O) groups is 1. The van der Waals surface area contributed by atoms with Gasteiger partial charge in [0.15, 0.2) is 0 Å². The second-order valence-corrected chi connectivity index (χ2v) is 6.12. The molecule has 1 aromatic carbocycles. The molecule has 1 N–H and O–H groups in total. The standard InChI is InChI=1S/C17H14F3N3O2S/c1-10-7-14(17(18,19)20)23-16(11(10)8-21)26-9-15(24)22-12-5-3-4-6-13(12)25-2/h3-7H,9H2,1-2H3,(H,22,24). The first kappa shape index (κ1) is 19.6. The number of aryl methyl sites for hydroxylation is 1. The number of thioether (sulfide) groups is 1. The smallest absolute Gasteiger partial charge is 0.433 e. The first-order chi connectivity index (χ1) is 12.3. The topological polar surface area (TPSA) is 75.0 Å². The molecular formula is C17H14F3N3O2S. The molecular weight excluding hydrogens is 367 g/mol. The van der Waals surface area contributed by atoms with E-state index in [1.54, 1.807) is 24.3 Å². The third-order valence-corrected chi connectivity index (χ3v) is 4.28. The van der Waals surface area contributed by atoms with Gasteiger partial charge in [-0.15, -0.1) is 0 Å². The fourth-order valence-electron chi connectivity index (χ4n) is 2.10. The van der Waals surface area contributed by atoms with Crippen LogP contribution in [0, 0.1) is 18.3 Å². The minimum atomic E-state index is -4.63. The van der Waals surface area contributed by atoms with Crippen LogP contribution in [0.5, 0.6) is 5.75 Å². The molecule has 136 valence electrons. The number of halogens is 3. The van der Waals surface area contributed by atoms with Crippen molar-refractivity contribution >= 4 is 23.4 Å². The summed E-state index contributed by atoms with van der Waals surface area (Å²) >= 11 is 0.770. The molecule has 0 atom stereocenters. The molecule has 26 heavy (non-hydrogen) atoms. The second-order valence-electron chi connectivity index (χ2n) is 5.15. The molecule has 0 aliphatic heterocycles. The second kappa shape index (κ2) is 8.10. The maximum Gasteiger partial charge on any atom is 0.433 e. The van der Waals surface area contributed by atoms with Gasteiger partial charge in [-0.25, -0.2) is 4.98 Å². The van der Waals surface area contributed by atoms with Crippen molar-refractivity contribution in [3.8, 4) is 11.8 Å². The number of amides is 1. The summed E-state index contributed by atoms with van der Waals surface area (Å²) in [6.07, 6.45) is -4.63. The Morgan fingerprint density at radius 2 is 2.08 bits per heavy atom. The Hall–Kier alpha value is -2.73. The van der Waals surface area contributed by atoms with Crippen LogP contribution in [-0.2, 0) is 11.0 Å². The minimum Gasteiger partial charge on any atom is -0.495 e. The number of hydrogen-bond donors (Lipinski definition) is 1. The molecule has 0 aliphatic rings. The molecule has 0 spiro atoms. The lowest BCUT2D eigenvalue weighted by molar-refractivity contribution is -0.141. The molecule has 0 saturated heterocycles. The van der Waals surface area contributed by atoms with E-state index in [9.17, 15) is 18.0 Å². The Morgan fingerprint density at radius 1 is 1.38 bits per heavy atom. The Bertz CT molecular complexity index is 863. The number of methoxy groups -OCH3 is 1. The predicted molar refractivity (Wildman–Crippen MR) is 91.0 cm³/mol. The molecule has 9 heteroatoms. The van der Waals surface area contributed by atoms with Gasteiger partial charge in [-0.05, 0) is 30.7 Å². The zero-order valence-electron chi connectivity index (χ0n) is 13.8. The number of anilines is 1. The molecule has 0 saturated carbocycles. The normalized spacial score (nSPS) is 10.9. The van der Waals surface area contributed by atoms with E-state index in [-0.39, 0.29) is 21.9 Å². The van der Waals surface area contributed by atoms with Crippen LogP contribution in [0.15, 0.2) is 35.4 Å². The first-order valence-corrected chi connectivity index (χ1v) is 8.29. The number of ether oxygens (including phenoxy) is 1. The highest BCUT2D eigenvalue weighted by atomic mass is 32.2. The number of pyridine rings is 1. The van der Waals surface area contributed by atoms with E-state index in [0.717, 1.165) is 17.8 Å². The van der Waals surface area contributed by atoms with Crippen molar-refractivity contribution in [3.05, 3.63) is 47.2 Å². The molecule has 1 aromatic heterocycles. The highest BCUT2D eigenvalue weighted by Gasteiger charge is 2.34. The Balaban J connectivity index is 2.17. The van der Waals surface area contributed by atoms with Crippen molar-refractivity contribution in [1.29, 1.82) is 5.26 Å². The molecule has 1 heterocycles. The van der Waals surface area contributed by atoms with E-state index in [2.05, 4.69) is 10.3 Å². The number of hydrogen-bond acceptors (Lipinski definition) is 5. The summed E-state index contributed by atoms with van der Waals surface area (Å²) in [7, 11) is 1.45. The van der Waals surface area contributed by atoms with Crippen LogP contribution in [0.2, 0.25) is 0 Å². The van der Waals surface area contributed by atoms with Gasteiger partial charge in [0.1, 0.15) is 22.5 Å². The average Bonchev–Trinajstić information content (AvgIpc) is 2.59. The third-order valence-electron chi connectivity index (χ3n) is 3.31. The van der Waals surface area contributed by atoms with E-state index in [1.165, 1.54) is 14.0 Å². The van der Waals surface area contributed by atoms with Crippen LogP contribution in [0.4, 0.5) is 18.9 Å². The van der Waals surface area contributed by atoms with Gasteiger partial charge < -0.3 is 10.1 Å². The maximum atomic E-state index is 12.9. The number of benzene rings is 1. The van der Waals surface area contributed by atoms with E-state index >= 15 is 0 Å². The van der Waals surface area contributed by atoms with Crippen molar-refractivity contribution in [3.63, 3.8) is 0 Å². The monoisotopic (exact) mass is 381 g/mol. The Kier molecular flexibility index (Phi) is 6.10. The maximum absolute atomic E-state index is 12.9. The van der Waals surface area contributed by atoms with E-state index in [0.29, 0.717) is 11.4 Å². The van der Waals surface area contributed by atoms with Crippen LogP contribution in [0.25, 0.3) is 0 Å². The summed E-state index contributed by atoms with van der Waals surface area (Å²) < 4.78 is 43.8. The largest absolute Gasteiger partial charge is 0.495 e. The lowest BCUT2D eigenvalue weighted by atomic mass is 10.1. The Labute approximate surface area is 152 Å². The quantitative estimate of drug-likeness (QED) is 0.792. The lowest BCUT2D eigenvalue weighted by Crippen LogP contribution is -2.15. The summed E-state index contributed by atoms with van der Waals surface area (Å²) in [5.74, 6) is -0.211. The number of nitrogens with one attached hydrogen (secondary N) is 1. The summed E-state index contributed by atoms with van der Waals surface area (Å²) in [5.41, 5.74) is -0.480. The number of para-hydroxylation sites is 2. The van der Waals surface area contributed by atoms with Crippen molar-refractivity contribution < 1.29 is 22.7 Å². The minimum absolute atomic E-state index is 0.0214. The fraction of sp³-hybridized carbons (Fsp3) is 0.235.